The van der Waals surface area contributed by atoms with Gasteiger partial charge in [0, 0.05) is 11.1 Å². The number of methoxy groups -OCH3 is 1. The maximum absolute atomic E-state index is 5.49. The van der Waals surface area contributed by atoms with Gasteiger partial charge in [-0.05, 0) is 50.3 Å². The first-order valence-electron chi connectivity index (χ1n) is 10.7. The molecule has 156 valence electrons. The van der Waals surface area contributed by atoms with Gasteiger partial charge in [-0.25, -0.2) is 0 Å². The molecule has 2 aliphatic rings. The zero-order chi connectivity index (χ0) is 20.9. The van der Waals surface area contributed by atoms with E-state index in [-0.39, 0.29) is 0 Å². The number of hydrogen-bond donors (Lipinski definition) is 2. The van der Waals surface area contributed by atoms with Crippen molar-refractivity contribution in [2.24, 2.45) is 0 Å². The van der Waals surface area contributed by atoms with Crippen LogP contribution in [-0.2, 0) is 4.74 Å². The molecule has 1 aliphatic heterocycles. The Bertz CT molecular complexity index is 1010. The summed E-state index contributed by atoms with van der Waals surface area (Å²) in [6.07, 6.45) is 12.3. The van der Waals surface area contributed by atoms with Crippen LogP contribution in [0.15, 0.2) is 66.5 Å². The fraction of sp³-hybridized carbons (Fsp3) is 0.320. The topological polar surface area (TPSA) is 51.1 Å². The molecule has 2 aromatic rings. The van der Waals surface area contributed by atoms with Crippen molar-refractivity contribution in [1.29, 1.82) is 0 Å². The highest BCUT2D eigenvalue weighted by molar-refractivity contribution is 5.88. The molecular formula is C25H30N4O. The van der Waals surface area contributed by atoms with Gasteiger partial charge >= 0.3 is 0 Å². The fourth-order valence-corrected chi connectivity index (χ4v) is 3.90. The molecule has 0 amide bonds. The van der Waals surface area contributed by atoms with E-state index in [1.807, 2.05) is 6.07 Å². The van der Waals surface area contributed by atoms with E-state index in [4.69, 9.17) is 9.84 Å². The van der Waals surface area contributed by atoms with Crippen molar-refractivity contribution in [3.8, 4) is 11.3 Å². The molecule has 0 fully saturated rings. The van der Waals surface area contributed by atoms with E-state index in [1.54, 1.807) is 11.8 Å². The first-order valence-corrected chi connectivity index (χ1v) is 10.7. The molecule has 0 unspecified atom stereocenters. The largest absolute Gasteiger partial charge is 0.481 e. The molecule has 30 heavy (non-hydrogen) atoms. The molecule has 2 N–H and O–H groups in total. The molecule has 0 bridgehead atoms. The van der Waals surface area contributed by atoms with Crippen LogP contribution < -0.4 is 10.6 Å². The van der Waals surface area contributed by atoms with E-state index >= 15 is 0 Å². The Kier molecular flexibility index (Phi) is 6.07. The molecule has 0 spiro atoms. The Balaban J connectivity index is 1.88. The van der Waals surface area contributed by atoms with Gasteiger partial charge in [0.1, 0.15) is 11.5 Å². The summed E-state index contributed by atoms with van der Waals surface area (Å²) < 4.78 is 7.30. The lowest BCUT2D eigenvalue weighted by Gasteiger charge is -2.26. The molecule has 1 aromatic carbocycles. The van der Waals surface area contributed by atoms with E-state index in [9.17, 15) is 0 Å². The van der Waals surface area contributed by atoms with Crippen LogP contribution in [0.5, 0.6) is 0 Å². The van der Waals surface area contributed by atoms with Crippen LogP contribution in [0.4, 0.5) is 5.82 Å². The van der Waals surface area contributed by atoms with Gasteiger partial charge in [0.25, 0.3) is 0 Å². The average Bonchev–Trinajstić information content (AvgIpc) is 3.17. The molecule has 0 saturated heterocycles. The Labute approximate surface area is 178 Å². The summed E-state index contributed by atoms with van der Waals surface area (Å²) in [5, 5.41) is 12.0. The third-order valence-corrected chi connectivity index (χ3v) is 5.59. The number of nitrogens with one attached hydrogen (secondary N) is 2. The molecule has 1 aromatic heterocycles. The Hall–Kier alpha value is -3.21. The number of ether oxygens (including phenoxy) is 1. The molecule has 0 radical (unpaired) electrons. The van der Waals surface area contributed by atoms with Crippen LogP contribution in [0.1, 0.15) is 44.6 Å². The van der Waals surface area contributed by atoms with Crippen LogP contribution >= 0.6 is 0 Å². The molecular weight excluding hydrogens is 372 g/mol. The Morgan fingerprint density at radius 2 is 2.13 bits per heavy atom. The van der Waals surface area contributed by atoms with Gasteiger partial charge in [-0.1, -0.05) is 49.4 Å². The second kappa shape index (κ2) is 9.08. The van der Waals surface area contributed by atoms with Crippen molar-refractivity contribution in [3.05, 3.63) is 72.1 Å². The third-order valence-electron chi connectivity index (χ3n) is 5.59. The normalized spacial score (nSPS) is 16.1. The highest BCUT2D eigenvalue weighted by Crippen LogP contribution is 2.40. The van der Waals surface area contributed by atoms with Gasteiger partial charge in [0.2, 0.25) is 5.88 Å². The summed E-state index contributed by atoms with van der Waals surface area (Å²) in [5.74, 6) is 1.42. The number of allylic oxidation sites excluding steroid dienone is 4. The van der Waals surface area contributed by atoms with Crippen LogP contribution in [0, 0.1) is 0 Å². The highest BCUT2D eigenvalue weighted by Gasteiger charge is 2.27. The van der Waals surface area contributed by atoms with Gasteiger partial charge in [0.05, 0.1) is 25.0 Å². The summed E-state index contributed by atoms with van der Waals surface area (Å²) in [7, 11) is 1.63. The minimum Gasteiger partial charge on any atom is -0.481 e. The Morgan fingerprint density at radius 1 is 1.30 bits per heavy atom. The van der Waals surface area contributed by atoms with E-state index in [1.165, 1.54) is 18.4 Å². The van der Waals surface area contributed by atoms with E-state index < -0.39 is 0 Å². The van der Waals surface area contributed by atoms with Crippen molar-refractivity contribution in [1.82, 2.24) is 15.1 Å². The number of aromatic nitrogens is 2. The average molecular weight is 403 g/mol. The molecule has 1 aliphatic carbocycles. The summed E-state index contributed by atoms with van der Waals surface area (Å²) in [6, 6.07) is 10.4. The lowest BCUT2D eigenvalue weighted by atomic mass is 9.91. The maximum atomic E-state index is 5.49. The smallest absolute Gasteiger partial charge is 0.208 e. The second-order valence-corrected chi connectivity index (χ2v) is 7.60. The summed E-state index contributed by atoms with van der Waals surface area (Å²) >= 11 is 0. The standard InChI is InChI=1S/C25H30N4O/c1-4-5-16-21-22(17-26-21)27-25-23(19-12-8-6-9-13-19)24(20-14-10-7-11-15-20)28-29(25)18(2)30-3/h5,7,10-12,14-16,26-27H,2,4,6,8-9,13,17H2,1,3H3/b16-5-. The quantitative estimate of drug-likeness (QED) is 0.550. The first-order chi connectivity index (χ1) is 14.7. The number of anilines is 1. The van der Waals surface area contributed by atoms with E-state index in [2.05, 4.69) is 66.6 Å². The summed E-state index contributed by atoms with van der Waals surface area (Å²) in [4.78, 5) is 0. The maximum Gasteiger partial charge on any atom is 0.208 e. The van der Waals surface area contributed by atoms with Crippen molar-refractivity contribution in [2.75, 3.05) is 19.0 Å². The van der Waals surface area contributed by atoms with Crippen LogP contribution in [0.3, 0.4) is 0 Å². The second-order valence-electron chi connectivity index (χ2n) is 7.60. The first kappa shape index (κ1) is 20.1. The predicted molar refractivity (Wildman–Crippen MR) is 125 cm³/mol. The third kappa shape index (κ3) is 3.92. The molecule has 2 heterocycles. The molecule has 5 nitrogen and oxygen atoms in total. The number of nitrogens with zero attached hydrogens (tertiary/aromatic N) is 2. The van der Waals surface area contributed by atoms with Crippen LogP contribution in [-0.4, -0.2) is 23.4 Å². The Morgan fingerprint density at radius 3 is 2.77 bits per heavy atom. The highest BCUT2D eigenvalue weighted by atomic mass is 16.5. The summed E-state index contributed by atoms with van der Waals surface area (Å²) in [5.41, 5.74) is 6.83. The zero-order valence-corrected chi connectivity index (χ0v) is 17.9. The van der Waals surface area contributed by atoms with Gasteiger partial charge in [-0.15, -0.1) is 0 Å². The lowest BCUT2D eigenvalue weighted by molar-refractivity contribution is 0.339. The number of rotatable bonds is 8. The minimum absolute atomic E-state index is 0.496. The van der Waals surface area contributed by atoms with Crippen LogP contribution in [0.25, 0.3) is 22.7 Å². The fourth-order valence-electron chi connectivity index (χ4n) is 3.90. The van der Waals surface area contributed by atoms with Crippen molar-refractivity contribution < 1.29 is 4.74 Å². The van der Waals surface area contributed by atoms with Crippen molar-refractivity contribution in [2.45, 2.75) is 39.0 Å². The monoisotopic (exact) mass is 402 g/mol. The SMILES string of the molecule is C=C(OC)n1nc(-c2ccccc2)c(C2=CCCCC2)c1NC1=C(/C=C\CC)NC1. The van der Waals surface area contributed by atoms with Crippen molar-refractivity contribution >= 4 is 17.3 Å². The predicted octanol–water partition coefficient (Wildman–Crippen LogP) is 5.78. The minimum atomic E-state index is 0.496. The lowest BCUT2D eigenvalue weighted by Crippen LogP contribution is -2.33. The summed E-state index contributed by atoms with van der Waals surface area (Å²) in [6.45, 7) is 7.03. The number of hydrogen-bond acceptors (Lipinski definition) is 4. The van der Waals surface area contributed by atoms with Gasteiger partial charge in [-0.2, -0.15) is 9.78 Å². The van der Waals surface area contributed by atoms with Gasteiger partial charge in [-0.3, -0.25) is 0 Å². The van der Waals surface area contributed by atoms with Gasteiger partial charge in [0.15, 0.2) is 0 Å². The molecule has 0 saturated carbocycles. The van der Waals surface area contributed by atoms with E-state index in [0.717, 1.165) is 59.8 Å². The zero-order valence-electron chi connectivity index (χ0n) is 17.9. The number of benzene rings is 1. The van der Waals surface area contributed by atoms with Crippen LogP contribution in [0.2, 0.25) is 0 Å². The van der Waals surface area contributed by atoms with E-state index in [0.29, 0.717) is 5.88 Å². The van der Waals surface area contributed by atoms with Gasteiger partial charge < -0.3 is 15.4 Å². The van der Waals surface area contributed by atoms with Crippen molar-refractivity contribution in [3.63, 3.8) is 0 Å². The molecule has 0 atom stereocenters. The molecule has 4 rings (SSSR count). The molecule has 5 heteroatoms.